The SMILES string of the molecule is CCCCC(CCCC)C(C)(CCCC)OC(C)(CCCC)C(CCCC)CCCC. The topological polar surface area (TPSA) is 9.23 Å². The van der Waals surface area contributed by atoms with Crippen molar-refractivity contribution >= 4 is 0 Å². The first-order valence-electron chi connectivity index (χ1n) is 14.6. The van der Waals surface area contributed by atoms with Crippen LogP contribution in [0.3, 0.4) is 0 Å². The highest BCUT2D eigenvalue weighted by Crippen LogP contribution is 2.44. The van der Waals surface area contributed by atoms with Crippen LogP contribution in [-0.4, -0.2) is 11.2 Å². The molecule has 0 saturated carbocycles. The van der Waals surface area contributed by atoms with Crippen LogP contribution in [0.2, 0.25) is 0 Å². The van der Waals surface area contributed by atoms with E-state index in [4.69, 9.17) is 4.74 Å². The molecule has 0 N–H and O–H groups in total. The third-order valence-electron chi connectivity index (χ3n) is 7.87. The molecule has 0 aromatic rings. The summed E-state index contributed by atoms with van der Waals surface area (Å²) in [6.45, 7) is 19.1. The number of ether oxygens (including phenoxy) is 1. The zero-order valence-corrected chi connectivity index (χ0v) is 23.3. The number of hydrogen-bond acceptors (Lipinski definition) is 1. The van der Waals surface area contributed by atoms with Gasteiger partial charge < -0.3 is 4.74 Å². The van der Waals surface area contributed by atoms with Crippen molar-refractivity contribution in [3.63, 3.8) is 0 Å². The van der Waals surface area contributed by atoms with E-state index >= 15 is 0 Å². The van der Waals surface area contributed by atoms with E-state index in [1.165, 1.54) is 116 Å². The van der Waals surface area contributed by atoms with Crippen LogP contribution in [0.1, 0.15) is 171 Å². The minimum atomic E-state index is 0.0273. The van der Waals surface area contributed by atoms with E-state index in [0.717, 1.165) is 0 Å². The van der Waals surface area contributed by atoms with Gasteiger partial charge in [-0.2, -0.15) is 0 Å². The van der Waals surface area contributed by atoms with Gasteiger partial charge in [-0.05, 0) is 64.2 Å². The Morgan fingerprint density at radius 3 is 0.935 bits per heavy atom. The fourth-order valence-electron chi connectivity index (χ4n) is 5.58. The van der Waals surface area contributed by atoms with E-state index in [0.29, 0.717) is 11.8 Å². The lowest BCUT2D eigenvalue weighted by molar-refractivity contribution is -0.201. The summed E-state index contributed by atoms with van der Waals surface area (Å²) in [6, 6.07) is 0. The van der Waals surface area contributed by atoms with Crippen molar-refractivity contribution in [2.75, 3.05) is 0 Å². The molecule has 0 aromatic heterocycles. The summed E-state index contributed by atoms with van der Waals surface area (Å²) in [5.74, 6) is 1.41. The molecule has 31 heavy (non-hydrogen) atoms. The van der Waals surface area contributed by atoms with Crippen molar-refractivity contribution in [2.24, 2.45) is 11.8 Å². The summed E-state index contributed by atoms with van der Waals surface area (Å²) in [7, 11) is 0. The van der Waals surface area contributed by atoms with Crippen LogP contribution >= 0.6 is 0 Å². The van der Waals surface area contributed by atoms with E-state index in [1.54, 1.807) is 0 Å². The molecule has 1 nitrogen and oxygen atoms in total. The van der Waals surface area contributed by atoms with Crippen LogP contribution in [0.4, 0.5) is 0 Å². The van der Waals surface area contributed by atoms with Gasteiger partial charge in [-0.1, -0.05) is 119 Å². The van der Waals surface area contributed by atoms with Gasteiger partial charge in [0.15, 0.2) is 0 Å². The Morgan fingerprint density at radius 2 is 0.710 bits per heavy atom. The third-order valence-corrected chi connectivity index (χ3v) is 7.87. The van der Waals surface area contributed by atoms with Crippen LogP contribution in [0.25, 0.3) is 0 Å². The van der Waals surface area contributed by atoms with Gasteiger partial charge in [-0.15, -0.1) is 0 Å². The Labute approximate surface area is 198 Å². The van der Waals surface area contributed by atoms with Gasteiger partial charge in [0.2, 0.25) is 0 Å². The van der Waals surface area contributed by atoms with Crippen molar-refractivity contribution in [1.29, 1.82) is 0 Å². The highest BCUT2D eigenvalue weighted by atomic mass is 16.5. The molecular weight excluding hydrogens is 376 g/mol. The maximum Gasteiger partial charge on any atom is 0.0690 e. The van der Waals surface area contributed by atoms with Gasteiger partial charge in [-0.3, -0.25) is 0 Å². The molecule has 0 aromatic carbocycles. The van der Waals surface area contributed by atoms with Gasteiger partial charge in [0.05, 0.1) is 11.2 Å². The highest BCUT2D eigenvalue weighted by molar-refractivity contribution is 4.92. The van der Waals surface area contributed by atoms with Crippen molar-refractivity contribution in [2.45, 2.75) is 182 Å². The van der Waals surface area contributed by atoms with E-state index in [9.17, 15) is 0 Å². The lowest BCUT2D eigenvalue weighted by atomic mass is 9.74. The minimum absolute atomic E-state index is 0.0273. The zero-order chi connectivity index (χ0) is 23.6. The predicted molar refractivity (Wildman–Crippen MR) is 142 cm³/mol. The van der Waals surface area contributed by atoms with Gasteiger partial charge in [0, 0.05) is 0 Å². The van der Waals surface area contributed by atoms with Gasteiger partial charge in [0.1, 0.15) is 0 Å². The number of rotatable bonds is 22. The molecule has 0 aliphatic rings. The minimum Gasteiger partial charge on any atom is -0.369 e. The summed E-state index contributed by atoms with van der Waals surface area (Å²) in [6.07, 6.45) is 23.6. The quantitative estimate of drug-likeness (QED) is 0.163. The molecule has 1 heteroatoms. The molecule has 0 amide bonds. The second kappa shape index (κ2) is 18.4. The third kappa shape index (κ3) is 12.1. The van der Waals surface area contributed by atoms with Crippen molar-refractivity contribution in [3.8, 4) is 0 Å². The second-order valence-corrected chi connectivity index (χ2v) is 10.9. The summed E-state index contributed by atoms with van der Waals surface area (Å²) < 4.78 is 7.54. The second-order valence-electron chi connectivity index (χ2n) is 10.9. The van der Waals surface area contributed by atoms with E-state index < -0.39 is 0 Å². The predicted octanol–water partition coefficient (Wildman–Crippen LogP) is 10.9. The summed E-state index contributed by atoms with van der Waals surface area (Å²) >= 11 is 0. The normalized spacial score (nSPS) is 16.1. The maximum atomic E-state index is 7.54. The molecule has 0 heterocycles. The molecule has 0 spiro atoms. The molecule has 2 unspecified atom stereocenters. The number of unbranched alkanes of at least 4 members (excludes halogenated alkanes) is 6. The molecule has 0 aliphatic heterocycles. The van der Waals surface area contributed by atoms with E-state index in [2.05, 4.69) is 55.4 Å². The number of hydrogen-bond donors (Lipinski definition) is 0. The summed E-state index contributed by atoms with van der Waals surface area (Å²) in [4.78, 5) is 0. The summed E-state index contributed by atoms with van der Waals surface area (Å²) in [5, 5.41) is 0. The lowest BCUT2D eigenvalue weighted by Crippen LogP contribution is -2.50. The van der Waals surface area contributed by atoms with Gasteiger partial charge >= 0.3 is 0 Å². The highest BCUT2D eigenvalue weighted by Gasteiger charge is 2.43. The lowest BCUT2D eigenvalue weighted by Gasteiger charge is -2.49. The van der Waals surface area contributed by atoms with Crippen LogP contribution in [0.5, 0.6) is 0 Å². The Morgan fingerprint density at radius 1 is 0.452 bits per heavy atom. The summed E-state index contributed by atoms with van der Waals surface area (Å²) in [5.41, 5.74) is 0.0546. The van der Waals surface area contributed by atoms with E-state index in [-0.39, 0.29) is 11.2 Å². The standard InChI is InChI=1S/C30H62O/c1-9-15-21-27(22-16-10-2)29(7,25-19-13-5)31-30(8,26-20-14-6)28(23-17-11-3)24-18-12-4/h27-28H,9-26H2,1-8H3. The molecule has 0 aliphatic carbocycles. The van der Waals surface area contributed by atoms with E-state index in [1.807, 2.05) is 0 Å². The average Bonchev–Trinajstić information content (AvgIpc) is 2.76. The first-order valence-corrected chi connectivity index (χ1v) is 14.6. The fourth-order valence-corrected chi connectivity index (χ4v) is 5.58. The molecule has 188 valence electrons. The first-order chi connectivity index (χ1) is 14.9. The molecule has 0 bridgehead atoms. The maximum absolute atomic E-state index is 7.54. The van der Waals surface area contributed by atoms with Crippen molar-refractivity contribution in [1.82, 2.24) is 0 Å². The molecular formula is C30H62O. The Hall–Kier alpha value is -0.0400. The Bertz CT molecular complexity index is 340. The van der Waals surface area contributed by atoms with Gasteiger partial charge in [0.25, 0.3) is 0 Å². The Balaban J connectivity index is 5.94. The van der Waals surface area contributed by atoms with Crippen LogP contribution < -0.4 is 0 Å². The molecule has 0 rings (SSSR count). The molecule has 0 radical (unpaired) electrons. The molecule has 0 fully saturated rings. The van der Waals surface area contributed by atoms with Crippen LogP contribution in [-0.2, 0) is 4.74 Å². The Kier molecular flexibility index (Phi) is 18.4. The van der Waals surface area contributed by atoms with Crippen molar-refractivity contribution in [3.05, 3.63) is 0 Å². The largest absolute Gasteiger partial charge is 0.369 e. The average molecular weight is 439 g/mol. The molecule has 0 saturated heterocycles. The van der Waals surface area contributed by atoms with Crippen LogP contribution in [0, 0.1) is 11.8 Å². The monoisotopic (exact) mass is 438 g/mol. The smallest absolute Gasteiger partial charge is 0.0690 e. The van der Waals surface area contributed by atoms with Gasteiger partial charge in [-0.25, -0.2) is 0 Å². The molecule has 2 atom stereocenters. The first kappa shape index (κ1) is 31.0. The zero-order valence-electron chi connectivity index (χ0n) is 23.3. The van der Waals surface area contributed by atoms with Crippen molar-refractivity contribution < 1.29 is 4.74 Å². The van der Waals surface area contributed by atoms with Crippen LogP contribution in [0.15, 0.2) is 0 Å². The fraction of sp³-hybridized carbons (Fsp3) is 1.00.